The van der Waals surface area contributed by atoms with Gasteiger partial charge < -0.3 is 44.6 Å². The molecular formula is C52H73N9O6S. The average molecular weight is 952 g/mol. The molecule has 0 aromatic heterocycles. The van der Waals surface area contributed by atoms with Gasteiger partial charge in [-0.15, -0.1) is 0 Å². The summed E-state index contributed by atoms with van der Waals surface area (Å²) in [6.07, 6.45) is 2.87. The first-order valence-corrected chi connectivity index (χ1v) is 25.9. The van der Waals surface area contributed by atoms with E-state index in [4.69, 9.17) is 20.3 Å². The van der Waals surface area contributed by atoms with E-state index in [1.165, 1.54) is 11.3 Å². The lowest BCUT2D eigenvalue weighted by Gasteiger charge is -2.36. The van der Waals surface area contributed by atoms with Gasteiger partial charge in [0.25, 0.3) is 22.0 Å². The van der Waals surface area contributed by atoms with E-state index in [0.29, 0.717) is 32.5 Å². The van der Waals surface area contributed by atoms with Crippen LogP contribution in [-0.2, 0) is 23.3 Å². The molecule has 2 amide bonds. The minimum Gasteiger partial charge on any atom is -0.496 e. The second-order valence-corrected chi connectivity index (χ2v) is 19.7. The van der Waals surface area contributed by atoms with E-state index >= 15 is 0 Å². The molecule has 4 aliphatic heterocycles. The van der Waals surface area contributed by atoms with Gasteiger partial charge >= 0.3 is 0 Å². The van der Waals surface area contributed by atoms with Crippen LogP contribution in [0.25, 0.3) is 0 Å². The molecule has 0 bridgehead atoms. The number of piperazine rings is 2. The number of hydrogen-bond acceptors (Lipinski definition) is 11. The Kier molecular flexibility index (Phi) is 17.1. The van der Waals surface area contributed by atoms with Crippen molar-refractivity contribution < 1.29 is 27.5 Å². The fourth-order valence-corrected chi connectivity index (χ4v) is 10.9. The van der Waals surface area contributed by atoms with Gasteiger partial charge in [-0.3, -0.25) is 9.59 Å². The molecule has 2 atom stereocenters. The Morgan fingerprint density at radius 3 is 1.43 bits per heavy atom. The molecule has 4 heterocycles. The number of methoxy groups -OCH3 is 2. The number of likely N-dealkylation sites (N-methyl/N-ethyl adjacent to an activating group) is 2. The van der Waals surface area contributed by atoms with Gasteiger partial charge in [-0.1, -0.05) is 50.2 Å². The number of aryl methyl sites for hydroxylation is 2. The Morgan fingerprint density at radius 2 is 1.06 bits per heavy atom. The number of carbonyl (C=O) groups excluding carboxylic acids is 2. The first kappa shape index (κ1) is 50.6. The SMILES string of the molecule is CCN1CCN(c2cccc3c2CN([C@H](CCCN)c2ccc(OC)c(C)c2)C3=O)CC1.CCN1CCN(c2cccc3c2CN([C@H](CCCNS(N)(=O)=O)c2ccc(OC)c(C)c2)C3=O)CC1. The monoisotopic (exact) mass is 952 g/mol. The zero-order chi connectivity index (χ0) is 48.5. The molecule has 0 spiro atoms. The van der Waals surface area contributed by atoms with Crippen molar-refractivity contribution >= 4 is 33.4 Å². The summed E-state index contributed by atoms with van der Waals surface area (Å²) in [5.41, 5.74) is 16.3. The number of carbonyl (C=O) groups is 2. The van der Waals surface area contributed by atoms with Crippen LogP contribution in [0.2, 0.25) is 0 Å². The normalized spacial score (nSPS) is 17.5. The van der Waals surface area contributed by atoms with Crippen LogP contribution in [0.3, 0.4) is 0 Å². The minimum atomic E-state index is -3.76. The van der Waals surface area contributed by atoms with Gasteiger partial charge in [-0.05, 0) is 118 Å². The molecular weight excluding hydrogens is 879 g/mol. The maximum absolute atomic E-state index is 13.7. The lowest BCUT2D eigenvalue weighted by atomic mass is 9.98. The van der Waals surface area contributed by atoms with E-state index < -0.39 is 10.2 Å². The smallest absolute Gasteiger partial charge is 0.274 e. The van der Waals surface area contributed by atoms with Gasteiger partial charge in [0.2, 0.25) is 0 Å². The number of nitrogens with zero attached hydrogens (tertiary/aromatic N) is 6. The van der Waals surface area contributed by atoms with Gasteiger partial charge in [0, 0.05) is 106 Å². The second kappa shape index (κ2) is 22.9. The van der Waals surface area contributed by atoms with Crippen LogP contribution in [0.5, 0.6) is 11.5 Å². The van der Waals surface area contributed by atoms with E-state index in [1.54, 1.807) is 14.2 Å². The van der Waals surface area contributed by atoms with Crippen molar-refractivity contribution in [2.45, 2.75) is 78.6 Å². The molecule has 16 heteroatoms. The van der Waals surface area contributed by atoms with Gasteiger partial charge in [-0.2, -0.15) is 8.42 Å². The molecule has 5 N–H and O–H groups in total. The molecule has 4 aromatic carbocycles. The van der Waals surface area contributed by atoms with Crippen molar-refractivity contribution in [3.63, 3.8) is 0 Å². The molecule has 368 valence electrons. The van der Waals surface area contributed by atoms with E-state index in [-0.39, 0.29) is 30.4 Å². The first-order chi connectivity index (χ1) is 32.8. The average Bonchev–Trinajstić information content (AvgIpc) is 3.87. The molecule has 0 saturated carbocycles. The highest BCUT2D eigenvalue weighted by Crippen LogP contribution is 2.41. The molecule has 0 aliphatic carbocycles. The highest BCUT2D eigenvalue weighted by Gasteiger charge is 2.38. The van der Waals surface area contributed by atoms with Gasteiger partial charge in [0.15, 0.2) is 0 Å². The molecule has 8 rings (SSSR count). The van der Waals surface area contributed by atoms with E-state index in [0.717, 1.165) is 134 Å². The van der Waals surface area contributed by atoms with Crippen molar-refractivity contribution in [1.82, 2.24) is 24.3 Å². The molecule has 2 fully saturated rings. The van der Waals surface area contributed by atoms with Crippen LogP contribution >= 0.6 is 0 Å². The van der Waals surface area contributed by atoms with Crippen LogP contribution in [-0.4, -0.2) is 133 Å². The summed E-state index contributed by atoms with van der Waals surface area (Å²) in [6, 6.07) is 24.2. The zero-order valence-corrected chi connectivity index (χ0v) is 41.8. The molecule has 0 unspecified atom stereocenters. The van der Waals surface area contributed by atoms with Crippen molar-refractivity contribution in [3.05, 3.63) is 117 Å². The van der Waals surface area contributed by atoms with Crippen molar-refractivity contribution in [2.75, 3.05) is 103 Å². The number of rotatable bonds is 18. The Balaban J connectivity index is 0.000000203. The van der Waals surface area contributed by atoms with Gasteiger partial charge in [-0.25, -0.2) is 9.86 Å². The van der Waals surface area contributed by atoms with Crippen LogP contribution in [0.1, 0.15) is 106 Å². The Labute approximate surface area is 404 Å². The quantitative estimate of drug-likeness (QED) is 0.100. The fourth-order valence-electron chi connectivity index (χ4n) is 10.4. The van der Waals surface area contributed by atoms with E-state index in [1.807, 2.05) is 59.2 Å². The summed E-state index contributed by atoms with van der Waals surface area (Å²) in [6.45, 7) is 20.7. The van der Waals surface area contributed by atoms with Crippen LogP contribution < -0.4 is 34.9 Å². The third-order valence-corrected chi connectivity index (χ3v) is 14.9. The number of nitrogens with two attached hydrogens (primary N) is 2. The summed E-state index contributed by atoms with van der Waals surface area (Å²) in [5.74, 6) is 1.80. The van der Waals surface area contributed by atoms with Crippen molar-refractivity contribution in [2.24, 2.45) is 10.9 Å². The lowest BCUT2D eigenvalue weighted by Crippen LogP contribution is -2.46. The second-order valence-electron chi connectivity index (χ2n) is 18.3. The standard InChI is InChI=1S/C26H37N5O4S.C26H36N4O2/c1-4-29-13-15-30(16-14-29)24-8-5-7-21-22(24)18-31(26(21)32)23(9-6-12-28-36(27,33)34)20-10-11-25(35-3)19(2)17-20;1-4-28-13-15-29(16-14-28)24-8-5-7-21-22(24)18-30(26(21)31)23(9-6-12-27)20-10-11-25(32-3)19(2)17-20/h5,7-8,10-11,17,23,28H,4,6,9,12-16,18H2,1-3H3,(H2,27,33,34);5,7-8,10-11,17,23H,4,6,9,12-16,18,27H2,1-3H3/t2*23-/m11/s1. The Bertz CT molecular complexity index is 2490. The topological polar surface area (TPSA) is 170 Å². The summed E-state index contributed by atoms with van der Waals surface area (Å²) >= 11 is 0. The molecule has 4 aliphatic rings. The Hall–Kier alpha value is -5.23. The third kappa shape index (κ3) is 11.6. The first-order valence-electron chi connectivity index (χ1n) is 24.4. The highest BCUT2D eigenvalue weighted by atomic mass is 32.2. The molecule has 0 radical (unpaired) electrons. The predicted molar refractivity (Wildman–Crippen MR) is 271 cm³/mol. The van der Waals surface area contributed by atoms with E-state index in [9.17, 15) is 18.0 Å². The summed E-state index contributed by atoms with van der Waals surface area (Å²) in [4.78, 5) is 41.0. The van der Waals surface area contributed by atoms with Gasteiger partial charge in [0.1, 0.15) is 11.5 Å². The summed E-state index contributed by atoms with van der Waals surface area (Å²) in [7, 11) is -0.425. The highest BCUT2D eigenvalue weighted by molar-refractivity contribution is 7.87. The Morgan fingerprint density at radius 1 is 0.632 bits per heavy atom. The number of nitrogens with one attached hydrogen (secondary N) is 1. The fraction of sp³-hybridized carbons (Fsp3) is 0.500. The largest absolute Gasteiger partial charge is 0.496 e. The number of benzene rings is 4. The number of anilines is 2. The minimum absolute atomic E-state index is 0.00726. The molecule has 2 saturated heterocycles. The number of ether oxygens (including phenoxy) is 2. The number of amides is 2. The number of hydrogen-bond donors (Lipinski definition) is 3. The maximum Gasteiger partial charge on any atom is 0.274 e. The predicted octanol–water partition coefficient (Wildman–Crippen LogP) is 6.00. The lowest BCUT2D eigenvalue weighted by molar-refractivity contribution is 0.0682. The summed E-state index contributed by atoms with van der Waals surface area (Å²) < 4.78 is 35.9. The van der Waals surface area contributed by atoms with Crippen LogP contribution in [0.4, 0.5) is 11.4 Å². The van der Waals surface area contributed by atoms with Crippen molar-refractivity contribution in [1.29, 1.82) is 0 Å². The number of fused-ring (bicyclic) bond motifs is 2. The van der Waals surface area contributed by atoms with Gasteiger partial charge in [0.05, 0.1) is 26.3 Å². The van der Waals surface area contributed by atoms with Crippen molar-refractivity contribution in [3.8, 4) is 11.5 Å². The zero-order valence-electron chi connectivity index (χ0n) is 41.0. The van der Waals surface area contributed by atoms with Crippen LogP contribution in [0, 0.1) is 13.8 Å². The molecule has 4 aromatic rings. The van der Waals surface area contributed by atoms with Crippen LogP contribution in [0.15, 0.2) is 72.8 Å². The molecule has 15 nitrogen and oxygen atoms in total. The molecule has 68 heavy (non-hydrogen) atoms. The van der Waals surface area contributed by atoms with E-state index in [2.05, 4.69) is 75.4 Å². The summed E-state index contributed by atoms with van der Waals surface area (Å²) in [5, 5.41) is 5.10. The third-order valence-electron chi connectivity index (χ3n) is 14.3. The maximum atomic E-state index is 13.7.